The molecule has 1 aromatic heterocycles. The van der Waals surface area contributed by atoms with Gasteiger partial charge < -0.3 is 10.0 Å². The van der Waals surface area contributed by atoms with Crippen molar-refractivity contribution in [3.05, 3.63) is 71.6 Å². The molecule has 0 spiro atoms. The first-order valence-electron chi connectivity index (χ1n) is 18.5. The van der Waals surface area contributed by atoms with Gasteiger partial charge in [0.05, 0.1) is 11.0 Å². The molecule has 1 N–H and O–H groups in total. The Balaban J connectivity index is 1.14. The molecule has 0 unspecified atom stereocenters. The van der Waals surface area contributed by atoms with Crippen molar-refractivity contribution in [3.8, 4) is 0 Å². The van der Waals surface area contributed by atoms with Crippen LogP contribution in [0.15, 0.2) is 54.7 Å². The number of aromatic carboxylic acids is 1. The average Bonchev–Trinajstić information content (AvgIpc) is 3.49. The quantitative estimate of drug-likeness (QED) is 0.343. The molecular weight excluding hydrogens is 580 g/mol. The zero-order chi connectivity index (χ0) is 33.4. The minimum atomic E-state index is -0.869. The molecule has 5 aliphatic rings. The number of carboxylic acids is 1. The number of carbonyl (C=O) groups excluding carboxylic acids is 1. The fraction of sp³-hybridized carbons (Fsp3) is 0.643. The SMILES string of the molecule is CN(CCc1ccccn1)C(=O)[C@]12CCC[C@@H]1[C@H]1CC[C@@H]3[C@@]4(C)CC=C(c5ccc(C(=O)O)cc5)C(C)(C)[C@@H]4CC[C@@]3(C)[C@]1(C)CC2. The summed E-state index contributed by atoms with van der Waals surface area (Å²) in [6, 6.07) is 13.6. The molecule has 2 aromatic rings. The molecule has 8 atom stereocenters. The molecule has 47 heavy (non-hydrogen) atoms. The number of fused-ring (bicyclic) bond motifs is 7. The van der Waals surface area contributed by atoms with E-state index in [9.17, 15) is 14.7 Å². The van der Waals surface area contributed by atoms with Gasteiger partial charge in [-0.25, -0.2) is 4.79 Å². The molecule has 7 rings (SSSR count). The first-order valence-corrected chi connectivity index (χ1v) is 18.5. The normalized spacial score (nSPS) is 38.6. The predicted molar refractivity (Wildman–Crippen MR) is 188 cm³/mol. The molecule has 1 heterocycles. The molecule has 0 aliphatic heterocycles. The van der Waals surface area contributed by atoms with Crippen molar-refractivity contribution in [2.45, 2.75) is 105 Å². The van der Waals surface area contributed by atoms with Crippen LogP contribution in [0, 0.1) is 50.7 Å². The van der Waals surface area contributed by atoms with Gasteiger partial charge in [-0.2, -0.15) is 0 Å². The summed E-state index contributed by atoms with van der Waals surface area (Å²) >= 11 is 0. The van der Waals surface area contributed by atoms with Crippen LogP contribution in [-0.4, -0.2) is 40.5 Å². The summed E-state index contributed by atoms with van der Waals surface area (Å²) in [6.07, 6.45) is 17.0. The molecule has 252 valence electrons. The van der Waals surface area contributed by atoms with Crippen molar-refractivity contribution in [2.24, 2.45) is 50.7 Å². The van der Waals surface area contributed by atoms with Crippen LogP contribution < -0.4 is 0 Å². The van der Waals surface area contributed by atoms with Gasteiger partial charge in [0, 0.05) is 31.9 Å². The highest BCUT2D eigenvalue weighted by Crippen LogP contribution is 2.77. The Morgan fingerprint density at radius 3 is 2.32 bits per heavy atom. The number of aromatic nitrogens is 1. The Hall–Kier alpha value is -2.95. The van der Waals surface area contributed by atoms with Crippen LogP contribution in [-0.2, 0) is 11.2 Å². The van der Waals surface area contributed by atoms with E-state index in [4.69, 9.17) is 0 Å². The van der Waals surface area contributed by atoms with Gasteiger partial charge in [0.2, 0.25) is 5.91 Å². The third kappa shape index (κ3) is 4.71. The number of carboxylic acid groups (broad SMARTS) is 1. The standard InChI is InChI=1S/C42H56N2O3/c1-38(2)31(28-12-14-29(15-13-28)36(45)46)18-22-39(3)34(38)19-23-41(5)35(39)17-16-32-33-11-9-21-42(33,25-24-40(32,41)4)37(47)44(6)27-20-30-10-7-8-26-43-30/h7-8,10,12-15,18,26,32-35H,9,11,16-17,19-25,27H2,1-6H3,(H,45,46)/t32-,33-,34+,35-,39+,40-,41-,42+/m1/s1. The predicted octanol–water partition coefficient (Wildman–Crippen LogP) is 9.33. The van der Waals surface area contributed by atoms with Crippen molar-refractivity contribution in [2.75, 3.05) is 13.6 Å². The molecule has 0 bridgehead atoms. The molecule has 1 amide bonds. The van der Waals surface area contributed by atoms with Gasteiger partial charge in [-0.05, 0) is 139 Å². The molecule has 0 saturated heterocycles. The number of benzene rings is 1. The van der Waals surface area contributed by atoms with Crippen LogP contribution >= 0.6 is 0 Å². The van der Waals surface area contributed by atoms with E-state index in [1.54, 1.807) is 12.1 Å². The van der Waals surface area contributed by atoms with E-state index in [-0.39, 0.29) is 27.1 Å². The fourth-order valence-corrected chi connectivity index (χ4v) is 13.1. The van der Waals surface area contributed by atoms with Gasteiger partial charge in [0.25, 0.3) is 0 Å². The van der Waals surface area contributed by atoms with Crippen LogP contribution in [0.5, 0.6) is 0 Å². The second-order valence-corrected chi connectivity index (χ2v) is 17.5. The second kappa shape index (κ2) is 11.3. The molecule has 4 fully saturated rings. The Morgan fingerprint density at radius 2 is 1.62 bits per heavy atom. The van der Waals surface area contributed by atoms with Gasteiger partial charge in [-0.1, -0.05) is 65.3 Å². The average molecular weight is 637 g/mol. The third-order valence-corrected chi connectivity index (χ3v) is 15.6. The van der Waals surface area contributed by atoms with Gasteiger partial charge in [-0.15, -0.1) is 0 Å². The molecule has 4 saturated carbocycles. The Bertz CT molecular complexity index is 1560. The van der Waals surface area contributed by atoms with E-state index in [0.717, 1.165) is 37.9 Å². The smallest absolute Gasteiger partial charge is 0.335 e. The summed E-state index contributed by atoms with van der Waals surface area (Å²) < 4.78 is 0. The minimum Gasteiger partial charge on any atom is -0.478 e. The van der Waals surface area contributed by atoms with Crippen LogP contribution in [0.3, 0.4) is 0 Å². The number of amides is 1. The Morgan fingerprint density at radius 1 is 0.851 bits per heavy atom. The number of carbonyl (C=O) groups is 2. The lowest BCUT2D eigenvalue weighted by Gasteiger charge is -2.72. The highest BCUT2D eigenvalue weighted by Gasteiger charge is 2.70. The van der Waals surface area contributed by atoms with Gasteiger partial charge in [0.15, 0.2) is 0 Å². The lowest BCUT2D eigenvalue weighted by atomic mass is 9.32. The Labute approximate surface area is 282 Å². The van der Waals surface area contributed by atoms with Crippen LogP contribution in [0.1, 0.15) is 120 Å². The summed E-state index contributed by atoms with van der Waals surface area (Å²) in [4.78, 5) is 32.5. The molecule has 0 radical (unpaired) electrons. The summed E-state index contributed by atoms with van der Waals surface area (Å²) in [6.45, 7) is 13.6. The van der Waals surface area contributed by atoms with Gasteiger partial charge in [0.1, 0.15) is 0 Å². The first kappa shape index (κ1) is 32.6. The summed E-state index contributed by atoms with van der Waals surface area (Å²) in [5, 5.41) is 9.46. The zero-order valence-corrected chi connectivity index (χ0v) is 29.6. The lowest BCUT2D eigenvalue weighted by molar-refractivity contribution is -0.223. The zero-order valence-electron chi connectivity index (χ0n) is 29.6. The third-order valence-electron chi connectivity index (χ3n) is 15.6. The largest absolute Gasteiger partial charge is 0.478 e. The molecule has 5 heteroatoms. The maximum atomic E-state index is 14.4. The number of hydrogen-bond acceptors (Lipinski definition) is 3. The van der Waals surface area contributed by atoms with Crippen molar-refractivity contribution >= 4 is 17.4 Å². The van der Waals surface area contributed by atoms with Crippen molar-refractivity contribution in [1.29, 1.82) is 0 Å². The fourth-order valence-electron chi connectivity index (χ4n) is 13.1. The number of likely N-dealkylation sites (N-methyl/N-ethyl adjacent to an activating group) is 1. The number of pyridine rings is 1. The highest BCUT2D eigenvalue weighted by molar-refractivity contribution is 5.88. The lowest BCUT2D eigenvalue weighted by Crippen LogP contribution is -2.65. The summed E-state index contributed by atoms with van der Waals surface area (Å²) in [5.41, 5.74) is 4.52. The topological polar surface area (TPSA) is 70.5 Å². The van der Waals surface area contributed by atoms with E-state index in [2.05, 4.69) is 56.6 Å². The van der Waals surface area contributed by atoms with E-state index < -0.39 is 5.97 Å². The Kier molecular flexibility index (Phi) is 7.84. The molecule has 5 nitrogen and oxygen atoms in total. The number of rotatable bonds is 6. The maximum Gasteiger partial charge on any atom is 0.335 e. The second-order valence-electron chi connectivity index (χ2n) is 17.5. The van der Waals surface area contributed by atoms with Crippen molar-refractivity contribution < 1.29 is 14.7 Å². The van der Waals surface area contributed by atoms with Crippen LogP contribution in [0.4, 0.5) is 0 Å². The van der Waals surface area contributed by atoms with Crippen molar-refractivity contribution in [3.63, 3.8) is 0 Å². The minimum absolute atomic E-state index is 0.0102. The summed E-state index contributed by atoms with van der Waals surface area (Å²) in [7, 11) is 2.04. The highest BCUT2D eigenvalue weighted by atomic mass is 16.4. The van der Waals surface area contributed by atoms with E-state index >= 15 is 0 Å². The van der Waals surface area contributed by atoms with Crippen LogP contribution in [0.2, 0.25) is 0 Å². The monoisotopic (exact) mass is 636 g/mol. The first-order chi connectivity index (χ1) is 22.3. The summed E-state index contributed by atoms with van der Waals surface area (Å²) in [5.74, 6) is 1.89. The molecule has 5 aliphatic carbocycles. The van der Waals surface area contributed by atoms with Gasteiger partial charge in [-0.3, -0.25) is 9.78 Å². The molecule has 1 aromatic carbocycles. The van der Waals surface area contributed by atoms with E-state index in [1.807, 2.05) is 37.5 Å². The molecular formula is C42H56N2O3. The number of nitrogens with zero attached hydrogens (tertiary/aromatic N) is 2. The maximum absolute atomic E-state index is 14.4. The number of allylic oxidation sites excluding steroid dienone is 2. The van der Waals surface area contributed by atoms with E-state index in [0.29, 0.717) is 35.1 Å². The van der Waals surface area contributed by atoms with Crippen LogP contribution in [0.25, 0.3) is 5.57 Å². The van der Waals surface area contributed by atoms with E-state index in [1.165, 1.54) is 56.1 Å². The number of hydrogen-bond donors (Lipinski definition) is 1. The van der Waals surface area contributed by atoms with Gasteiger partial charge >= 0.3 is 5.97 Å². The van der Waals surface area contributed by atoms with Crippen molar-refractivity contribution in [1.82, 2.24) is 9.88 Å².